The highest BCUT2D eigenvalue weighted by atomic mass is 31.2. The number of unbranched alkanes of at least 4 members (excludes halogenated alkanes) is 13. The van der Waals surface area contributed by atoms with E-state index in [-0.39, 0.29) is 36.4 Å². The molecule has 298 valence electrons. The standard InChI is InChI=1S/C41H84N3O5P/c1-9-14-35-49-50(48,43-40(46)34-28-24-20-16-18-22-26-32-38(13-5)30-11-3)41(47,36-44(6,7)8)42-39(45)33-27-23-19-15-17-21-25-31-37(12-4)29-10-2/h37-38,47H,9-36H2,1-8H3,(H-,42,43,45,46,48)/p+1. The van der Waals surface area contributed by atoms with Crippen molar-refractivity contribution in [3.63, 3.8) is 0 Å². The number of likely N-dealkylation sites (N-methyl/N-ethyl adjacent to an activating group) is 1. The highest BCUT2D eigenvalue weighted by Crippen LogP contribution is 2.53. The summed E-state index contributed by atoms with van der Waals surface area (Å²) >= 11 is 0. The van der Waals surface area contributed by atoms with Gasteiger partial charge in [0.25, 0.3) is 5.47 Å². The molecule has 2 amide bonds. The van der Waals surface area contributed by atoms with E-state index in [0.29, 0.717) is 19.3 Å². The van der Waals surface area contributed by atoms with Crippen molar-refractivity contribution in [2.45, 2.75) is 207 Å². The first-order valence-electron chi connectivity index (χ1n) is 21.2. The minimum absolute atomic E-state index is 0.0724. The maximum Gasteiger partial charge on any atom is 0.353 e. The first-order valence-corrected chi connectivity index (χ1v) is 22.8. The molecule has 0 heterocycles. The Labute approximate surface area is 310 Å². The van der Waals surface area contributed by atoms with E-state index >= 15 is 0 Å². The highest BCUT2D eigenvalue weighted by molar-refractivity contribution is 7.59. The van der Waals surface area contributed by atoms with Crippen molar-refractivity contribution in [3.8, 4) is 0 Å². The number of rotatable bonds is 35. The fourth-order valence-electron chi connectivity index (χ4n) is 7.07. The molecule has 0 aliphatic heterocycles. The molecule has 9 heteroatoms. The third-order valence-electron chi connectivity index (χ3n) is 10.1. The van der Waals surface area contributed by atoms with Crippen molar-refractivity contribution in [1.29, 1.82) is 0 Å². The molecular formula is C41H85N3O5P+. The first kappa shape index (κ1) is 49.0. The summed E-state index contributed by atoms with van der Waals surface area (Å²) in [5.74, 6) is 0.971. The topological polar surface area (TPSA) is 105 Å². The Kier molecular flexibility index (Phi) is 28.9. The molecule has 0 aliphatic rings. The summed E-state index contributed by atoms with van der Waals surface area (Å²) in [5, 5.41) is 17.2. The smallest absolute Gasteiger partial charge is 0.353 e. The highest BCUT2D eigenvalue weighted by Gasteiger charge is 2.54. The van der Waals surface area contributed by atoms with Gasteiger partial charge in [-0.3, -0.25) is 19.2 Å². The number of quaternary nitrogens is 1. The zero-order valence-electron chi connectivity index (χ0n) is 34.4. The largest absolute Gasteiger partial charge is 0.357 e. The summed E-state index contributed by atoms with van der Waals surface area (Å²) in [6.07, 6.45) is 27.7. The molecule has 0 saturated carbocycles. The van der Waals surface area contributed by atoms with Gasteiger partial charge in [0.2, 0.25) is 11.8 Å². The average Bonchev–Trinajstić information content (AvgIpc) is 3.04. The molecule has 8 nitrogen and oxygen atoms in total. The Balaban J connectivity index is 4.95. The Bertz CT molecular complexity index is 896. The summed E-state index contributed by atoms with van der Waals surface area (Å²) in [6.45, 7) is 11.2. The van der Waals surface area contributed by atoms with Gasteiger partial charge < -0.3 is 19.4 Å². The van der Waals surface area contributed by atoms with E-state index in [1.165, 1.54) is 103 Å². The third kappa shape index (κ3) is 24.3. The third-order valence-corrected chi connectivity index (χ3v) is 12.5. The van der Waals surface area contributed by atoms with Crippen LogP contribution >= 0.6 is 7.52 Å². The van der Waals surface area contributed by atoms with E-state index in [4.69, 9.17) is 4.52 Å². The van der Waals surface area contributed by atoms with Crippen LogP contribution in [0.15, 0.2) is 0 Å². The molecule has 50 heavy (non-hydrogen) atoms. The number of amides is 2. The van der Waals surface area contributed by atoms with E-state index in [1.807, 2.05) is 28.1 Å². The van der Waals surface area contributed by atoms with Crippen LogP contribution in [0.4, 0.5) is 0 Å². The van der Waals surface area contributed by atoms with Crippen LogP contribution < -0.4 is 10.4 Å². The molecular weight excluding hydrogens is 645 g/mol. The van der Waals surface area contributed by atoms with Crippen LogP contribution in [0.1, 0.15) is 202 Å². The van der Waals surface area contributed by atoms with Gasteiger partial charge in [0.05, 0.1) is 27.7 Å². The van der Waals surface area contributed by atoms with Crippen LogP contribution in [-0.2, 0) is 18.7 Å². The van der Waals surface area contributed by atoms with Gasteiger partial charge in [-0.15, -0.1) is 0 Å². The van der Waals surface area contributed by atoms with E-state index < -0.39 is 18.9 Å². The molecule has 4 atom stereocenters. The number of hydrogen-bond acceptors (Lipinski definition) is 5. The van der Waals surface area contributed by atoms with E-state index in [9.17, 15) is 19.3 Å². The SMILES string of the molecule is CCCCOP(=O)(NC(=O)CCCCCCCCCC(CC)CCC)C(O)(C[N+](C)(C)C)NC(=O)CCCCCCCCCC(CC)CCC. The minimum atomic E-state index is -4.23. The second-order valence-electron chi connectivity index (χ2n) is 16.2. The van der Waals surface area contributed by atoms with E-state index in [0.717, 1.165) is 43.9 Å². The average molecular weight is 731 g/mol. The van der Waals surface area contributed by atoms with Crippen molar-refractivity contribution in [2.24, 2.45) is 11.8 Å². The van der Waals surface area contributed by atoms with Gasteiger partial charge in [0.15, 0.2) is 0 Å². The van der Waals surface area contributed by atoms with Crippen LogP contribution in [0, 0.1) is 11.8 Å². The van der Waals surface area contributed by atoms with Crippen molar-refractivity contribution >= 4 is 19.3 Å². The fourth-order valence-corrected chi connectivity index (χ4v) is 9.24. The predicted octanol–water partition coefficient (Wildman–Crippen LogP) is 11.3. The molecule has 0 aromatic heterocycles. The summed E-state index contributed by atoms with van der Waals surface area (Å²) in [7, 11) is 1.33. The van der Waals surface area contributed by atoms with Crippen LogP contribution in [0.25, 0.3) is 0 Å². The van der Waals surface area contributed by atoms with Crippen LogP contribution in [-0.4, -0.2) is 61.2 Å². The number of nitrogens with one attached hydrogen (secondary N) is 2. The number of nitrogens with zero attached hydrogens (tertiary/aromatic N) is 1. The number of aliphatic hydroxyl groups is 1. The Hall–Kier alpha value is -0.950. The summed E-state index contributed by atoms with van der Waals surface area (Å²) in [5.41, 5.74) is -2.21. The Morgan fingerprint density at radius 1 is 0.620 bits per heavy atom. The first-order chi connectivity index (χ1) is 23.8. The lowest BCUT2D eigenvalue weighted by molar-refractivity contribution is -0.875. The molecule has 4 unspecified atom stereocenters. The van der Waals surface area contributed by atoms with Crippen molar-refractivity contribution in [2.75, 3.05) is 34.3 Å². The van der Waals surface area contributed by atoms with Crippen LogP contribution in [0.3, 0.4) is 0 Å². The zero-order chi connectivity index (χ0) is 37.7. The normalized spacial score (nSPS) is 15.6. The lowest BCUT2D eigenvalue weighted by Gasteiger charge is -2.39. The number of carbonyl (C=O) groups excluding carboxylic acids is 2. The van der Waals surface area contributed by atoms with Gasteiger partial charge in [-0.2, -0.15) is 0 Å². The zero-order valence-corrected chi connectivity index (χ0v) is 35.3. The molecule has 0 aromatic carbocycles. The van der Waals surface area contributed by atoms with Crippen molar-refractivity contribution < 1.29 is 28.3 Å². The van der Waals surface area contributed by atoms with Crippen LogP contribution in [0.5, 0.6) is 0 Å². The van der Waals surface area contributed by atoms with Gasteiger partial charge in [-0.25, -0.2) is 0 Å². The van der Waals surface area contributed by atoms with Crippen LogP contribution in [0.2, 0.25) is 0 Å². The van der Waals surface area contributed by atoms with Crippen molar-refractivity contribution in [1.82, 2.24) is 10.4 Å². The van der Waals surface area contributed by atoms with Gasteiger partial charge in [0, 0.05) is 12.8 Å². The number of hydrogen-bond donors (Lipinski definition) is 3. The summed E-state index contributed by atoms with van der Waals surface area (Å²) in [4.78, 5) is 26.3. The Morgan fingerprint density at radius 3 is 1.44 bits per heavy atom. The lowest BCUT2D eigenvalue weighted by Crippen LogP contribution is -2.60. The maximum atomic E-state index is 14.4. The monoisotopic (exact) mass is 731 g/mol. The molecule has 0 aliphatic carbocycles. The second kappa shape index (κ2) is 29.5. The summed E-state index contributed by atoms with van der Waals surface area (Å²) < 4.78 is 20.5. The molecule has 0 bridgehead atoms. The molecule has 0 aromatic rings. The van der Waals surface area contributed by atoms with E-state index in [1.54, 1.807) is 0 Å². The summed E-state index contributed by atoms with van der Waals surface area (Å²) in [6, 6.07) is 0. The Morgan fingerprint density at radius 2 is 1.04 bits per heavy atom. The lowest BCUT2D eigenvalue weighted by atomic mass is 9.94. The molecule has 0 radical (unpaired) electrons. The molecule has 3 N–H and O–H groups in total. The van der Waals surface area contributed by atoms with Gasteiger partial charge >= 0.3 is 7.52 Å². The predicted molar refractivity (Wildman–Crippen MR) is 213 cm³/mol. The van der Waals surface area contributed by atoms with Gasteiger partial charge in [0.1, 0.15) is 6.54 Å². The maximum absolute atomic E-state index is 14.4. The fraction of sp³-hybridized carbons (Fsp3) is 0.951. The molecule has 0 spiro atoms. The van der Waals surface area contributed by atoms with Gasteiger partial charge in [-0.1, -0.05) is 169 Å². The van der Waals surface area contributed by atoms with Gasteiger partial charge in [-0.05, 0) is 31.1 Å². The minimum Gasteiger partial charge on any atom is -0.357 e. The number of carbonyl (C=O) groups is 2. The molecule has 0 fully saturated rings. The van der Waals surface area contributed by atoms with Crippen molar-refractivity contribution in [3.05, 3.63) is 0 Å². The molecule has 0 rings (SSSR count). The second-order valence-corrected chi connectivity index (χ2v) is 18.6. The van der Waals surface area contributed by atoms with E-state index in [2.05, 4.69) is 38.1 Å². The quantitative estimate of drug-likeness (QED) is 0.0261. The molecule has 0 saturated heterocycles.